The van der Waals surface area contributed by atoms with Gasteiger partial charge in [-0.15, -0.1) is 0 Å². The lowest BCUT2D eigenvalue weighted by Gasteiger charge is -2.42. The molecule has 2 saturated heterocycles. The molecular formula is C17H20ClN3O2. The van der Waals surface area contributed by atoms with Crippen molar-refractivity contribution in [2.24, 2.45) is 11.3 Å². The van der Waals surface area contributed by atoms with Gasteiger partial charge in [-0.2, -0.15) is 0 Å². The molecule has 0 aromatic heterocycles. The minimum Gasteiger partial charge on any atom is -0.344 e. The van der Waals surface area contributed by atoms with Gasteiger partial charge in [-0.25, -0.2) is 0 Å². The fourth-order valence-electron chi connectivity index (χ4n) is 4.09. The van der Waals surface area contributed by atoms with E-state index < -0.39 is 6.04 Å². The Hall–Kier alpha value is -1.59. The second kappa shape index (κ2) is 5.49. The molecule has 4 rings (SSSR count). The fraction of sp³-hybridized carbons (Fsp3) is 0.529. The number of rotatable bonds is 3. The largest absolute Gasteiger partial charge is 0.344 e. The van der Waals surface area contributed by atoms with Crippen LogP contribution in [0.5, 0.6) is 0 Å². The minimum atomic E-state index is -0.419. The molecule has 1 aromatic carbocycles. The molecule has 5 nitrogen and oxygen atoms in total. The van der Waals surface area contributed by atoms with E-state index in [1.807, 2.05) is 12.1 Å². The Balaban J connectivity index is 1.45. The number of amides is 2. The molecule has 1 aromatic rings. The van der Waals surface area contributed by atoms with Crippen molar-refractivity contribution >= 4 is 29.1 Å². The van der Waals surface area contributed by atoms with Crippen LogP contribution < -0.4 is 15.5 Å². The highest BCUT2D eigenvalue weighted by molar-refractivity contribution is 6.31. The Morgan fingerprint density at radius 3 is 2.96 bits per heavy atom. The van der Waals surface area contributed by atoms with Gasteiger partial charge in [0.05, 0.1) is 5.41 Å². The lowest BCUT2D eigenvalue weighted by atomic mass is 9.61. The van der Waals surface area contributed by atoms with Crippen molar-refractivity contribution in [3.8, 4) is 0 Å². The van der Waals surface area contributed by atoms with Gasteiger partial charge in [0.25, 0.3) is 0 Å². The zero-order valence-electron chi connectivity index (χ0n) is 12.8. The number of nitrogens with zero attached hydrogens (tertiary/aromatic N) is 1. The highest BCUT2D eigenvalue weighted by Gasteiger charge is 2.55. The van der Waals surface area contributed by atoms with Crippen LogP contribution in [0.25, 0.3) is 0 Å². The molecule has 3 atom stereocenters. The topological polar surface area (TPSA) is 61.4 Å². The number of benzene rings is 1. The lowest BCUT2D eigenvalue weighted by molar-refractivity contribution is -0.140. The Morgan fingerprint density at radius 2 is 2.26 bits per heavy atom. The van der Waals surface area contributed by atoms with Gasteiger partial charge < -0.3 is 15.5 Å². The molecule has 0 radical (unpaired) electrons. The molecule has 2 aliphatic heterocycles. The summed E-state index contributed by atoms with van der Waals surface area (Å²) in [5.41, 5.74) is 0.519. The third-order valence-corrected chi connectivity index (χ3v) is 5.87. The minimum absolute atomic E-state index is 0.0427. The Labute approximate surface area is 140 Å². The molecule has 2 N–H and O–H groups in total. The first-order chi connectivity index (χ1) is 11.1. The smallest absolute Gasteiger partial charge is 0.249 e. The first-order valence-electron chi connectivity index (χ1n) is 8.19. The van der Waals surface area contributed by atoms with Crippen LogP contribution in [0.3, 0.4) is 0 Å². The van der Waals surface area contributed by atoms with Crippen LogP contribution in [0, 0.1) is 11.3 Å². The highest BCUT2D eigenvalue weighted by Crippen LogP contribution is 2.49. The van der Waals surface area contributed by atoms with Crippen LogP contribution in [0.1, 0.15) is 19.3 Å². The van der Waals surface area contributed by atoms with Crippen molar-refractivity contribution in [2.75, 3.05) is 24.5 Å². The van der Waals surface area contributed by atoms with Crippen LogP contribution in [0.4, 0.5) is 5.69 Å². The van der Waals surface area contributed by atoms with Crippen molar-refractivity contribution in [1.82, 2.24) is 10.6 Å². The van der Waals surface area contributed by atoms with E-state index in [4.69, 9.17) is 11.6 Å². The second-order valence-corrected chi connectivity index (χ2v) is 7.24. The summed E-state index contributed by atoms with van der Waals surface area (Å²) in [5.74, 6) is 0.437. The number of carbonyl (C=O) groups excluding carboxylic acids is 2. The van der Waals surface area contributed by atoms with Crippen LogP contribution in [0.15, 0.2) is 24.3 Å². The van der Waals surface area contributed by atoms with Crippen LogP contribution in [0.2, 0.25) is 5.02 Å². The monoisotopic (exact) mass is 333 g/mol. The van der Waals surface area contributed by atoms with Crippen molar-refractivity contribution in [2.45, 2.75) is 25.3 Å². The molecule has 3 aliphatic rings. The van der Waals surface area contributed by atoms with Crippen molar-refractivity contribution in [3.05, 3.63) is 29.3 Å². The van der Waals surface area contributed by atoms with Crippen molar-refractivity contribution in [1.29, 1.82) is 0 Å². The number of hydrogen-bond donors (Lipinski definition) is 2. The van der Waals surface area contributed by atoms with Gasteiger partial charge in [-0.05, 0) is 49.9 Å². The molecule has 23 heavy (non-hydrogen) atoms. The third-order valence-electron chi connectivity index (χ3n) is 5.63. The van der Waals surface area contributed by atoms with E-state index in [-0.39, 0.29) is 17.2 Å². The highest BCUT2D eigenvalue weighted by atomic mass is 35.5. The summed E-state index contributed by atoms with van der Waals surface area (Å²) in [6.07, 6.45) is 2.67. The Kier molecular flexibility index (Phi) is 3.58. The number of anilines is 1. The molecule has 2 heterocycles. The van der Waals surface area contributed by atoms with E-state index in [0.717, 1.165) is 31.6 Å². The summed E-state index contributed by atoms with van der Waals surface area (Å²) in [5, 5.41) is 6.92. The molecule has 3 fully saturated rings. The van der Waals surface area contributed by atoms with E-state index in [1.165, 1.54) is 0 Å². The molecule has 0 bridgehead atoms. The van der Waals surface area contributed by atoms with Gasteiger partial charge in [0, 0.05) is 23.8 Å². The maximum Gasteiger partial charge on any atom is 0.249 e. The molecular weight excluding hydrogens is 314 g/mol. The molecule has 1 saturated carbocycles. The fourth-order valence-corrected chi connectivity index (χ4v) is 4.28. The van der Waals surface area contributed by atoms with Crippen LogP contribution in [-0.4, -0.2) is 37.5 Å². The van der Waals surface area contributed by atoms with E-state index in [0.29, 0.717) is 23.9 Å². The van der Waals surface area contributed by atoms with E-state index >= 15 is 0 Å². The average Bonchev–Trinajstić information content (AvgIpc) is 3.01. The molecule has 122 valence electrons. The Bertz CT molecular complexity index is 665. The number of carbonyl (C=O) groups is 2. The maximum atomic E-state index is 12.7. The predicted molar refractivity (Wildman–Crippen MR) is 88.4 cm³/mol. The van der Waals surface area contributed by atoms with Gasteiger partial charge >= 0.3 is 0 Å². The SMILES string of the molecule is O=C1C(NC(=O)[C@]23CC[C@H]2CNC3)CCN1c1cccc(Cl)c1. The maximum absolute atomic E-state index is 12.7. The van der Waals surface area contributed by atoms with Crippen LogP contribution >= 0.6 is 11.6 Å². The normalized spacial score (nSPS) is 32.6. The first-order valence-corrected chi connectivity index (χ1v) is 8.56. The Morgan fingerprint density at radius 1 is 1.39 bits per heavy atom. The molecule has 1 aliphatic carbocycles. The standard InChI is InChI=1S/C17H20ClN3O2/c18-12-2-1-3-13(8-12)21-7-5-14(15(21)22)20-16(23)17-6-4-11(17)9-19-10-17/h1-3,8,11,14,19H,4-7,9-10H2,(H,20,23)/t11-,14?,17-/m0/s1. The summed E-state index contributed by atoms with van der Waals surface area (Å²) < 4.78 is 0. The zero-order valence-corrected chi connectivity index (χ0v) is 13.6. The van der Waals surface area contributed by atoms with Gasteiger partial charge in [0.1, 0.15) is 6.04 Å². The van der Waals surface area contributed by atoms with E-state index in [2.05, 4.69) is 10.6 Å². The summed E-state index contributed by atoms with van der Waals surface area (Å²) in [6, 6.07) is 6.85. The van der Waals surface area contributed by atoms with Gasteiger partial charge in [0.2, 0.25) is 11.8 Å². The molecule has 0 spiro atoms. The second-order valence-electron chi connectivity index (χ2n) is 6.81. The van der Waals surface area contributed by atoms with Gasteiger partial charge in [0.15, 0.2) is 0 Å². The van der Waals surface area contributed by atoms with Crippen LogP contribution in [-0.2, 0) is 9.59 Å². The van der Waals surface area contributed by atoms with Crippen molar-refractivity contribution in [3.63, 3.8) is 0 Å². The summed E-state index contributed by atoms with van der Waals surface area (Å²) in [6.45, 7) is 2.27. The molecule has 1 unspecified atom stereocenters. The average molecular weight is 334 g/mol. The van der Waals surface area contributed by atoms with E-state index in [1.54, 1.807) is 17.0 Å². The van der Waals surface area contributed by atoms with Crippen molar-refractivity contribution < 1.29 is 9.59 Å². The number of fused-ring (bicyclic) bond motifs is 1. The lowest BCUT2D eigenvalue weighted by Crippen LogP contribution is -2.55. The summed E-state index contributed by atoms with van der Waals surface area (Å²) >= 11 is 6.01. The van der Waals surface area contributed by atoms with Gasteiger partial charge in [-0.1, -0.05) is 17.7 Å². The third kappa shape index (κ3) is 2.34. The molecule has 2 amide bonds. The van der Waals surface area contributed by atoms with E-state index in [9.17, 15) is 9.59 Å². The number of hydrogen-bond acceptors (Lipinski definition) is 3. The van der Waals surface area contributed by atoms with Gasteiger partial charge in [-0.3, -0.25) is 9.59 Å². The number of nitrogens with one attached hydrogen (secondary N) is 2. The predicted octanol–water partition coefficient (Wildman–Crippen LogP) is 1.56. The quantitative estimate of drug-likeness (QED) is 0.882. The number of halogens is 1. The molecule has 6 heteroatoms. The zero-order chi connectivity index (χ0) is 16.0. The summed E-state index contributed by atoms with van der Waals surface area (Å²) in [4.78, 5) is 27.0. The summed E-state index contributed by atoms with van der Waals surface area (Å²) in [7, 11) is 0. The first kappa shape index (κ1) is 15.0.